The van der Waals surface area contributed by atoms with E-state index in [0.29, 0.717) is 4.75 Å². The minimum Gasteiger partial charge on any atom is -0.311 e. The van der Waals surface area contributed by atoms with Crippen LogP contribution in [0.2, 0.25) is 0 Å². The molecule has 1 unspecified atom stereocenters. The van der Waals surface area contributed by atoms with Crippen LogP contribution in [0.25, 0.3) is 0 Å². The van der Waals surface area contributed by atoms with Crippen molar-refractivity contribution >= 4 is 11.8 Å². The number of hydrogen-bond donors (Lipinski definition) is 2. The molecule has 0 spiro atoms. The monoisotopic (exact) mass is 225 g/mol. The Balaban J connectivity index is 1.77. The number of hydrogen-bond acceptors (Lipinski definition) is 3. The Bertz CT molecular complexity index is 315. The topological polar surface area (TPSA) is 40.7 Å². The van der Waals surface area contributed by atoms with Crippen LogP contribution in [0.5, 0.6) is 0 Å². The van der Waals surface area contributed by atoms with Gasteiger partial charge in [-0.25, -0.2) is 0 Å². The Hall–Kier alpha value is -0.480. The maximum Gasteiger partial charge on any atom is 0.0535 e. The molecule has 84 valence electrons. The smallest absolute Gasteiger partial charge is 0.0535 e. The van der Waals surface area contributed by atoms with Gasteiger partial charge in [-0.1, -0.05) is 0 Å². The summed E-state index contributed by atoms with van der Waals surface area (Å²) in [6.07, 6.45) is 4.62. The van der Waals surface area contributed by atoms with Crippen LogP contribution in [0.1, 0.15) is 31.0 Å². The number of nitrogens with one attached hydrogen (secondary N) is 2. The van der Waals surface area contributed by atoms with Crippen LogP contribution in [-0.4, -0.2) is 27.2 Å². The number of rotatable bonds is 4. The Morgan fingerprint density at radius 1 is 1.67 bits per heavy atom. The van der Waals surface area contributed by atoms with E-state index in [2.05, 4.69) is 41.1 Å². The third kappa shape index (κ3) is 2.75. The first-order valence-electron chi connectivity index (χ1n) is 5.53. The minimum absolute atomic E-state index is 0.456. The molecule has 2 N–H and O–H groups in total. The van der Waals surface area contributed by atoms with Gasteiger partial charge >= 0.3 is 0 Å². The van der Waals surface area contributed by atoms with Gasteiger partial charge in [0.25, 0.3) is 0 Å². The molecule has 0 amide bonds. The Morgan fingerprint density at radius 2 is 2.53 bits per heavy atom. The highest BCUT2D eigenvalue weighted by molar-refractivity contribution is 8.00. The van der Waals surface area contributed by atoms with E-state index in [1.165, 1.54) is 29.9 Å². The van der Waals surface area contributed by atoms with Gasteiger partial charge in [-0.15, -0.1) is 0 Å². The number of aromatic amines is 1. The summed E-state index contributed by atoms with van der Waals surface area (Å²) in [6, 6.07) is 0. The average molecular weight is 225 g/mol. The van der Waals surface area contributed by atoms with E-state index in [1.807, 2.05) is 6.20 Å². The number of H-pyrrole nitrogens is 1. The first-order chi connectivity index (χ1) is 7.20. The summed E-state index contributed by atoms with van der Waals surface area (Å²) < 4.78 is 0.456. The highest BCUT2D eigenvalue weighted by Crippen LogP contribution is 2.36. The molecule has 2 rings (SSSR count). The maximum atomic E-state index is 4.02. The van der Waals surface area contributed by atoms with Crippen LogP contribution < -0.4 is 5.32 Å². The number of nitrogens with zero attached hydrogens (tertiary/aromatic N) is 1. The largest absolute Gasteiger partial charge is 0.311 e. The zero-order valence-electron chi connectivity index (χ0n) is 9.47. The second-order valence-electron chi connectivity index (χ2n) is 4.53. The quantitative estimate of drug-likeness (QED) is 0.824. The van der Waals surface area contributed by atoms with Crippen LogP contribution in [0.4, 0.5) is 0 Å². The van der Waals surface area contributed by atoms with E-state index in [1.54, 1.807) is 0 Å². The van der Waals surface area contributed by atoms with Crippen molar-refractivity contribution in [3.8, 4) is 0 Å². The van der Waals surface area contributed by atoms with E-state index in [9.17, 15) is 0 Å². The molecule has 0 bridgehead atoms. The van der Waals surface area contributed by atoms with E-state index in [-0.39, 0.29) is 0 Å². The molecular weight excluding hydrogens is 206 g/mol. The lowest BCUT2D eigenvalue weighted by atomic mass is 10.1. The third-order valence-corrected chi connectivity index (χ3v) is 4.59. The maximum absolute atomic E-state index is 4.02. The fourth-order valence-electron chi connectivity index (χ4n) is 1.99. The van der Waals surface area contributed by atoms with Crippen molar-refractivity contribution in [2.45, 2.75) is 38.0 Å². The van der Waals surface area contributed by atoms with Gasteiger partial charge in [-0.2, -0.15) is 16.9 Å². The lowest BCUT2D eigenvalue weighted by molar-refractivity contribution is 0.536. The molecule has 0 aliphatic carbocycles. The molecule has 1 fully saturated rings. The van der Waals surface area contributed by atoms with Crippen LogP contribution in [0.3, 0.4) is 0 Å². The second-order valence-corrected chi connectivity index (χ2v) is 6.21. The molecule has 1 aromatic rings. The standard InChI is InChI=1S/C11H19N3S/c1-9-10(7-13-14-9)6-12-8-11(2)4-3-5-15-11/h7,12H,3-6,8H2,1-2H3,(H,13,14). The molecule has 1 saturated heterocycles. The average Bonchev–Trinajstić information content (AvgIpc) is 2.78. The predicted octanol–water partition coefficient (Wildman–Crippen LogP) is 2.09. The van der Waals surface area contributed by atoms with Crippen molar-refractivity contribution in [2.75, 3.05) is 12.3 Å². The summed E-state index contributed by atoms with van der Waals surface area (Å²) in [5, 5.41) is 10.5. The molecule has 4 heteroatoms. The molecule has 1 atom stereocenters. The third-order valence-electron chi connectivity index (χ3n) is 3.05. The molecule has 2 heterocycles. The summed E-state index contributed by atoms with van der Waals surface area (Å²) >= 11 is 2.10. The van der Waals surface area contributed by atoms with Crippen LogP contribution in [-0.2, 0) is 6.54 Å². The lowest BCUT2D eigenvalue weighted by Crippen LogP contribution is -2.32. The van der Waals surface area contributed by atoms with Gasteiger partial charge in [0.1, 0.15) is 0 Å². The first kappa shape index (κ1) is 11.0. The van der Waals surface area contributed by atoms with Crippen molar-refractivity contribution in [1.29, 1.82) is 0 Å². The molecule has 0 saturated carbocycles. The summed E-state index contributed by atoms with van der Waals surface area (Å²) in [7, 11) is 0. The van der Waals surface area contributed by atoms with Crippen molar-refractivity contribution in [3.63, 3.8) is 0 Å². The Kier molecular flexibility index (Phi) is 3.36. The zero-order chi connectivity index (χ0) is 10.7. The van der Waals surface area contributed by atoms with Gasteiger partial charge in [0.2, 0.25) is 0 Å². The molecule has 1 aliphatic heterocycles. The van der Waals surface area contributed by atoms with Crippen molar-refractivity contribution in [3.05, 3.63) is 17.5 Å². The van der Waals surface area contributed by atoms with E-state index in [4.69, 9.17) is 0 Å². The second kappa shape index (κ2) is 4.58. The summed E-state index contributed by atoms with van der Waals surface area (Å²) in [5.41, 5.74) is 2.45. The molecule has 15 heavy (non-hydrogen) atoms. The molecule has 1 aromatic heterocycles. The van der Waals surface area contributed by atoms with Gasteiger partial charge in [-0.05, 0) is 32.4 Å². The van der Waals surface area contributed by atoms with Crippen LogP contribution >= 0.6 is 11.8 Å². The zero-order valence-corrected chi connectivity index (χ0v) is 10.3. The molecular formula is C11H19N3S. The van der Waals surface area contributed by atoms with Crippen molar-refractivity contribution in [2.24, 2.45) is 0 Å². The molecule has 0 radical (unpaired) electrons. The van der Waals surface area contributed by atoms with E-state index in [0.717, 1.165) is 13.1 Å². The number of aryl methyl sites for hydroxylation is 1. The van der Waals surface area contributed by atoms with Gasteiger partial charge < -0.3 is 5.32 Å². The van der Waals surface area contributed by atoms with Crippen LogP contribution in [0, 0.1) is 6.92 Å². The van der Waals surface area contributed by atoms with Crippen molar-refractivity contribution < 1.29 is 0 Å². The van der Waals surface area contributed by atoms with Crippen LogP contribution in [0.15, 0.2) is 6.20 Å². The fraction of sp³-hybridized carbons (Fsp3) is 0.727. The molecule has 0 aromatic carbocycles. The number of thioether (sulfide) groups is 1. The molecule has 3 nitrogen and oxygen atoms in total. The highest BCUT2D eigenvalue weighted by Gasteiger charge is 2.28. The Labute approximate surface area is 95.4 Å². The van der Waals surface area contributed by atoms with Crippen molar-refractivity contribution in [1.82, 2.24) is 15.5 Å². The molecule has 1 aliphatic rings. The lowest BCUT2D eigenvalue weighted by Gasteiger charge is -2.22. The first-order valence-corrected chi connectivity index (χ1v) is 6.52. The van der Waals surface area contributed by atoms with E-state index >= 15 is 0 Å². The number of aromatic nitrogens is 2. The predicted molar refractivity (Wildman–Crippen MR) is 65.1 cm³/mol. The normalized spacial score (nSPS) is 26.0. The van der Waals surface area contributed by atoms with Gasteiger partial charge in [0.05, 0.1) is 6.20 Å². The SMILES string of the molecule is Cc1[nH]ncc1CNCC1(C)CCCS1. The highest BCUT2D eigenvalue weighted by atomic mass is 32.2. The minimum atomic E-state index is 0.456. The fourth-order valence-corrected chi connectivity index (χ4v) is 3.27. The summed E-state index contributed by atoms with van der Waals surface area (Å²) in [6.45, 7) is 6.46. The van der Waals surface area contributed by atoms with Gasteiger partial charge in [0.15, 0.2) is 0 Å². The summed E-state index contributed by atoms with van der Waals surface area (Å²) in [4.78, 5) is 0. The summed E-state index contributed by atoms with van der Waals surface area (Å²) in [5.74, 6) is 1.32. The van der Waals surface area contributed by atoms with Gasteiger partial charge in [-0.3, -0.25) is 5.10 Å². The Morgan fingerprint density at radius 3 is 3.13 bits per heavy atom. The van der Waals surface area contributed by atoms with E-state index < -0.39 is 0 Å². The van der Waals surface area contributed by atoms with Gasteiger partial charge in [0, 0.05) is 29.1 Å².